The molecule has 2 aliphatic heterocycles. The maximum absolute atomic E-state index is 11.9. The molecule has 2 rings (SSSR count). The van der Waals surface area contributed by atoms with Gasteiger partial charge in [-0.2, -0.15) is 0 Å². The van der Waals surface area contributed by atoms with Gasteiger partial charge < -0.3 is 20.7 Å². The van der Waals surface area contributed by atoms with Gasteiger partial charge in [0.2, 0.25) is 5.91 Å². The van der Waals surface area contributed by atoms with Gasteiger partial charge in [0.25, 0.3) is 0 Å². The van der Waals surface area contributed by atoms with Crippen molar-refractivity contribution < 1.29 is 9.53 Å². The van der Waals surface area contributed by atoms with E-state index in [1.54, 1.807) is 0 Å². The van der Waals surface area contributed by atoms with Gasteiger partial charge in [0.1, 0.15) is 0 Å². The molecule has 2 atom stereocenters. The number of piperidine rings is 1. The Bertz CT molecular complexity index is 286. The van der Waals surface area contributed by atoms with E-state index in [2.05, 4.69) is 10.2 Å². The number of nitrogens with zero attached hydrogens (tertiary/aromatic N) is 1. The second kappa shape index (κ2) is 9.55. The first kappa shape index (κ1) is 17.7. The fourth-order valence-electron chi connectivity index (χ4n) is 2.99. The number of ether oxygens (including phenoxy) is 1. The van der Waals surface area contributed by atoms with E-state index in [4.69, 9.17) is 10.5 Å². The molecule has 1 amide bonds. The number of hydrogen-bond donors (Lipinski definition) is 2. The third-order valence-corrected chi connectivity index (χ3v) is 4.20. The number of hydrogen-bond acceptors (Lipinski definition) is 4. The summed E-state index contributed by atoms with van der Waals surface area (Å²) >= 11 is 0. The molecule has 0 aromatic heterocycles. The topological polar surface area (TPSA) is 67.6 Å². The summed E-state index contributed by atoms with van der Waals surface area (Å²) in [7, 11) is 0. The van der Waals surface area contributed by atoms with E-state index in [0.29, 0.717) is 13.1 Å². The molecule has 2 unspecified atom stereocenters. The number of nitrogens with two attached hydrogens (primary N) is 1. The number of rotatable bonds is 6. The van der Waals surface area contributed by atoms with Crippen LogP contribution in [-0.4, -0.2) is 56.7 Å². The molecular weight excluding hydrogens is 278 g/mol. The van der Waals surface area contributed by atoms with Crippen molar-refractivity contribution in [3.63, 3.8) is 0 Å². The molecule has 0 saturated carbocycles. The van der Waals surface area contributed by atoms with Gasteiger partial charge in [0.15, 0.2) is 0 Å². The van der Waals surface area contributed by atoms with Crippen LogP contribution in [-0.2, 0) is 9.53 Å². The fraction of sp³-hybridized carbons (Fsp3) is 0.929. The first-order valence-electron chi connectivity index (χ1n) is 7.57. The van der Waals surface area contributed by atoms with Gasteiger partial charge in [-0.1, -0.05) is 0 Å². The van der Waals surface area contributed by atoms with Crippen LogP contribution >= 0.6 is 12.4 Å². The molecule has 6 heteroatoms. The van der Waals surface area contributed by atoms with E-state index in [1.165, 1.54) is 12.8 Å². The van der Waals surface area contributed by atoms with Gasteiger partial charge >= 0.3 is 0 Å². The van der Waals surface area contributed by atoms with Crippen molar-refractivity contribution in [1.29, 1.82) is 0 Å². The van der Waals surface area contributed by atoms with E-state index in [1.807, 2.05) is 0 Å². The molecule has 118 valence electrons. The zero-order chi connectivity index (χ0) is 13.5. The van der Waals surface area contributed by atoms with Gasteiger partial charge in [-0.05, 0) is 44.7 Å². The van der Waals surface area contributed by atoms with Crippen molar-refractivity contribution in [3.8, 4) is 0 Å². The second-order valence-electron chi connectivity index (χ2n) is 5.74. The summed E-state index contributed by atoms with van der Waals surface area (Å²) in [6, 6.07) is 0. The van der Waals surface area contributed by atoms with Crippen LogP contribution in [0.4, 0.5) is 0 Å². The molecule has 5 nitrogen and oxygen atoms in total. The van der Waals surface area contributed by atoms with Gasteiger partial charge in [-0.3, -0.25) is 4.79 Å². The largest absolute Gasteiger partial charge is 0.381 e. The normalized spacial score (nSPS) is 27.1. The molecule has 20 heavy (non-hydrogen) atoms. The summed E-state index contributed by atoms with van der Waals surface area (Å²) in [5, 5.41) is 2.91. The Kier molecular flexibility index (Phi) is 8.45. The highest BCUT2D eigenvalue weighted by Crippen LogP contribution is 2.20. The Morgan fingerprint density at radius 2 is 2.25 bits per heavy atom. The summed E-state index contributed by atoms with van der Waals surface area (Å²) in [5.74, 6) is 1.06. The molecular formula is C14H28ClN3O2. The average molecular weight is 306 g/mol. The fourth-order valence-corrected chi connectivity index (χ4v) is 2.99. The predicted molar refractivity (Wildman–Crippen MR) is 82.0 cm³/mol. The lowest BCUT2D eigenvalue weighted by atomic mass is 9.96. The average Bonchev–Trinajstić information content (AvgIpc) is 2.96. The molecule has 0 aromatic carbocycles. The Morgan fingerprint density at radius 1 is 1.40 bits per heavy atom. The number of likely N-dealkylation sites (tertiary alicyclic amines) is 1. The lowest BCUT2D eigenvalue weighted by molar-refractivity contribution is -0.126. The first-order valence-corrected chi connectivity index (χ1v) is 7.57. The molecule has 3 N–H and O–H groups in total. The van der Waals surface area contributed by atoms with Gasteiger partial charge in [0.05, 0.1) is 5.92 Å². The van der Waals surface area contributed by atoms with Gasteiger partial charge in [-0.15, -0.1) is 12.4 Å². The quantitative estimate of drug-likeness (QED) is 0.755. The van der Waals surface area contributed by atoms with Crippen LogP contribution < -0.4 is 11.1 Å². The molecule has 0 spiro atoms. The van der Waals surface area contributed by atoms with E-state index in [0.717, 1.165) is 51.6 Å². The number of carbonyl (C=O) groups excluding carboxylic acids is 1. The standard InChI is InChI=1S/C14H27N3O2.ClH/c15-5-6-16-14(18)13-2-1-7-17(10-13)8-3-12-4-9-19-11-12;/h12-13H,1-11,15H2,(H,16,18);1H. The SMILES string of the molecule is Cl.NCCNC(=O)C1CCCN(CCC2CCOC2)C1. The molecule has 2 aliphatic rings. The summed E-state index contributed by atoms with van der Waals surface area (Å²) in [4.78, 5) is 14.4. The van der Waals surface area contributed by atoms with E-state index < -0.39 is 0 Å². The maximum Gasteiger partial charge on any atom is 0.224 e. The smallest absolute Gasteiger partial charge is 0.224 e. The minimum atomic E-state index is 0. The second-order valence-corrected chi connectivity index (χ2v) is 5.74. The summed E-state index contributed by atoms with van der Waals surface area (Å²) < 4.78 is 5.41. The Balaban J connectivity index is 0.00000200. The Hall–Kier alpha value is -0.360. The van der Waals surface area contributed by atoms with Crippen LogP contribution in [0.25, 0.3) is 0 Å². The highest BCUT2D eigenvalue weighted by Gasteiger charge is 2.26. The van der Waals surface area contributed by atoms with Crippen LogP contribution in [0.15, 0.2) is 0 Å². The van der Waals surface area contributed by atoms with Crippen molar-refractivity contribution in [1.82, 2.24) is 10.2 Å². The molecule has 0 aromatic rings. The highest BCUT2D eigenvalue weighted by molar-refractivity contribution is 5.85. The zero-order valence-electron chi connectivity index (χ0n) is 12.2. The van der Waals surface area contributed by atoms with Crippen molar-refractivity contribution in [2.24, 2.45) is 17.6 Å². The predicted octanol–water partition coefficient (Wildman–Crippen LogP) is 0.622. The van der Waals surface area contributed by atoms with Crippen molar-refractivity contribution in [2.45, 2.75) is 25.7 Å². The molecule has 2 saturated heterocycles. The molecule has 2 fully saturated rings. The molecule has 0 aliphatic carbocycles. The lowest BCUT2D eigenvalue weighted by Gasteiger charge is -2.32. The van der Waals surface area contributed by atoms with Gasteiger partial charge in [0, 0.05) is 32.8 Å². The van der Waals surface area contributed by atoms with Crippen LogP contribution in [0.2, 0.25) is 0 Å². The van der Waals surface area contributed by atoms with Crippen LogP contribution in [0.3, 0.4) is 0 Å². The number of nitrogens with one attached hydrogen (secondary N) is 1. The van der Waals surface area contributed by atoms with E-state index >= 15 is 0 Å². The summed E-state index contributed by atoms with van der Waals surface area (Å²) in [6.45, 7) is 6.11. The summed E-state index contributed by atoms with van der Waals surface area (Å²) in [6.07, 6.45) is 4.55. The van der Waals surface area contributed by atoms with Gasteiger partial charge in [-0.25, -0.2) is 0 Å². The van der Waals surface area contributed by atoms with E-state index in [-0.39, 0.29) is 24.2 Å². The Morgan fingerprint density at radius 3 is 2.95 bits per heavy atom. The molecule has 0 bridgehead atoms. The first-order chi connectivity index (χ1) is 9.29. The molecule has 0 radical (unpaired) electrons. The van der Waals surface area contributed by atoms with E-state index in [9.17, 15) is 4.79 Å². The third-order valence-electron chi connectivity index (χ3n) is 4.20. The number of carbonyl (C=O) groups is 1. The monoisotopic (exact) mass is 305 g/mol. The maximum atomic E-state index is 11.9. The summed E-state index contributed by atoms with van der Waals surface area (Å²) in [5.41, 5.74) is 5.41. The minimum absolute atomic E-state index is 0. The highest BCUT2D eigenvalue weighted by atomic mass is 35.5. The van der Waals surface area contributed by atoms with Crippen molar-refractivity contribution >= 4 is 18.3 Å². The number of amides is 1. The van der Waals surface area contributed by atoms with Crippen LogP contribution in [0.5, 0.6) is 0 Å². The van der Waals surface area contributed by atoms with Crippen LogP contribution in [0, 0.1) is 11.8 Å². The third kappa shape index (κ3) is 5.56. The lowest BCUT2D eigenvalue weighted by Crippen LogP contribution is -2.44. The van der Waals surface area contributed by atoms with Crippen LogP contribution in [0.1, 0.15) is 25.7 Å². The van der Waals surface area contributed by atoms with Crippen molar-refractivity contribution in [3.05, 3.63) is 0 Å². The Labute approximate surface area is 128 Å². The zero-order valence-corrected chi connectivity index (χ0v) is 13.0. The minimum Gasteiger partial charge on any atom is -0.381 e. The molecule has 2 heterocycles. The number of halogens is 1. The van der Waals surface area contributed by atoms with Crippen molar-refractivity contribution in [2.75, 3.05) is 45.9 Å².